The van der Waals surface area contributed by atoms with Crippen molar-refractivity contribution in [3.05, 3.63) is 0 Å². The van der Waals surface area contributed by atoms with Gasteiger partial charge in [0, 0.05) is 31.5 Å². The van der Waals surface area contributed by atoms with E-state index in [0.717, 1.165) is 58.3 Å². The van der Waals surface area contributed by atoms with Crippen molar-refractivity contribution in [1.82, 2.24) is 15.5 Å². The first-order valence-corrected chi connectivity index (χ1v) is 10.5. The maximum absolute atomic E-state index is 12.8. The van der Waals surface area contributed by atoms with Crippen LogP contribution >= 0.6 is 0 Å². The van der Waals surface area contributed by atoms with E-state index < -0.39 is 0 Å². The molecule has 2 aliphatic carbocycles. The van der Waals surface area contributed by atoms with Gasteiger partial charge in [-0.2, -0.15) is 0 Å². The Morgan fingerprint density at radius 2 is 1.72 bits per heavy atom. The van der Waals surface area contributed by atoms with Crippen LogP contribution < -0.4 is 10.6 Å². The van der Waals surface area contributed by atoms with Crippen LogP contribution in [0.15, 0.2) is 0 Å². The van der Waals surface area contributed by atoms with E-state index in [1.54, 1.807) is 0 Å². The molecule has 4 rings (SSSR count). The molecular weight excluding hydrogens is 314 g/mol. The summed E-state index contributed by atoms with van der Waals surface area (Å²) < 4.78 is 0. The number of likely N-dealkylation sites (tertiary alicyclic amines) is 1. The Balaban J connectivity index is 1.19. The lowest BCUT2D eigenvalue weighted by molar-refractivity contribution is -0.134. The average molecular weight is 348 g/mol. The number of nitrogens with zero attached hydrogens (tertiary/aromatic N) is 1. The second-order valence-corrected chi connectivity index (χ2v) is 8.89. The maximum Gasteiger partial charge on any atom is 0.226 e. The lowest BCUT2D eigenvalue weighted by Crippen LogP contribution is -2.47. The van der Waals surface area contributed by atoms with Gasteiger partial charge in [-0.05, 0) is 69.4 Å². The molecule has 0 aromatic heterocycles. The highest BCUT2D eigenvalue weighted by Crippen LogP contribution is 2.59. The third-order valence-electron chi connectivity index (χ3n) is 7.21. The lowest BCUT2D eigenvalue weighted by Gasteiger charge is -2.33. The van der Waals surface area contributed by atoms with Crippen molar-refractivity contribution in [2.24, 2.45) is 17.3 Å². The molecule has 0 radical (unpaired) electrons. The molecule has 4 aliphatic rings. The summed E-state index contributed by atoms with van der Waals surface area (Å²) in [6, 6.07) is 0.269. The van der Waals surface area contributed by atoms with Crippen molar-refractivity contribution in [3.8, 4) is 0 Å². The van der Waals surface area contributed by atoms with Gasteiger partial charge in [0.1, 0.15) is 0 Å². The van der Waals surface area contributed by atoms with Crippen molar-refractivity contribution in [2.45, 2.75) is 70.3 Å². The van der Waals surface area contributed by atoms with Gasteiger partial charge >= 0.3 is 0 Å². The van der Waals surface area contributed by atoms with Gasteiger partial charge in [-0.1, -0.05) is 12.8 Å². The summed E-state index contributed by atoms with van der Waals surface area (Å²) in [5.74, 6) is 1.51. The highest BCUT2D eigenvalue weighted by molar-refractivity contribution is 5.83. The summed E-state index contributed by atoms with van der Waals surface area (Å²) in [5.41, 5.74) is 0.328. The Morgan fingerprint density at radius 1 is 1.04 bits per heavy atom. The molecule has 0 aromatic carbocycles. The number of piperidine rings is 2. The van der Waals surface area contributed by atoms with Crippen molar-refractivity contribution in [1.29, 1.82) is 0 Å². The van der Waals surface area contributed by atoms with Crippen LogP contribution in [0.2, 0.25) is 0 Å². The minimum atomic E-state index is 0.229. The fraction of sp³-hybridized carbons (Fsp3) is 0.900. The molecule has 25 heavy (non-hydrogen) atoms. The molecule has 1 atom stereocenters. The van der Waals surface area contributed by atoms with Gasteiger partial charge < -0.3 is 15.5 Å². The number of carbonyl (C=O) groups excluding carboxylic acids is 2. The van der Waals surface area contributed by atoms with Gasteiger partial charge in [-0.15, -0.1) is 0 Å². The number of carbonyl (C=O) groups is 2. The predicted octanol–water partition coefficient (Wildman–Crippen LogP) is 2.06. The molecule has 1 unspecified atom stereocenters. The van der Waals surface area contributed by atoms with E-state index in [9.17, 15) is 9.59 Å². The molecule has 5 nitrogen and oxygen atoms in total. The number of hydrogen-bond acceptors (Lipinski definition) is 3. The van der Waals surface area contributed by atoms with Crippen LogP contribution in [0.1, 0.15) is 64.2 Å². The zero-order valence-corrected chi connectivity index (χ0v) is 15.4. The van der Waals surface area contributed by atoms with Gasteiger partial charge in [0.25, 0.3) is 0 Å². The smallest absolute Gasteiger partial charge is 0.226 e. The van der Waals surface area contributed by atoms with Crippen LogP contribution in [-0.4, -0.2) is 48.9 Å². The monoisotopic (exact) mass is 347 g/mol. The van der Waals surface area contributed by atoms with Crippen LogP contribution in [0.25, 0.3) is 0 Å². The molecule has 2 N–H and O–H groups in total. The molecule has 2 saturated carbocycles. The quantitative estimate of drug-likeness (QED) is 0.818. The zero-order valence-electron chi connectivity index (χ0n) is 15.4. The van der Waals surface area contributed by atoms with Gasteiger partial charge in [0.05, 0.1) is 0 Å². The summed E-state index contributed by atoms with van der Waals surface area (Å²) in [6.45, 7) is 3.77. The molecular formula is C20H33N3O2. The van der Waals surface area contributed by atoms with E-state index in [1.807, 2.05) is 0 Å². The van der Waals surface area contributed by atoms with E-state index in [4.69, 9.17) is 0 Å². The summed E-state index contributed by atoms with van der Waals surface area (Å²) >= 11 is 0. The molecule has 4 fully saturated rings. The predicted molar refractivity (Wildman–Crippen MR) is 97.0 cm³/mol. The number of amides is 2. The summed E-state index contributed by atoms with van der Waals surface area (Å²) in [4.78, 5) is 27.1. The molecule has 2 saturated heterocycles. The van der Waals surface area contributed by atoms with Gasteiger partial charge in [-0.3, -0.25) is 9.59 Å². The fourth-order valence-electron chi connectivity index (χ4n) is 5.40. The van der Waals surface area contributed by atoms with E-state index in [1.165, 1.54) is 25.7 Å². The summed E-state index contributed by atoms with van der Waals surface area (Å²) in [6.07, 6.45) is 11.0. The Labute approximate surface area is 151 Å². The van der Waals surface area contributed by atoms with Crippen LogP contribution in [0.5, 0.6) is 0 Å². The first kappa shape index (κ1) is 17.3. The van der Waals surface area contributed by atoms with Gasteiger partial charge in [-0.25, -0.2) is 0 Å². The van der Waals surface area contributed by atoms with Crippen molar-refractivity contribution >= 4 is 11.8 Å². The first-order chi connectivity index (χ1) is 12.2. The number of rotatable bonds is 4. The second kappa shape index (κ2) is 7.26. The molecule has 2 aliphatic heterocycles. The van der Waals surface area contributed by atoms with Gasteiger partial charge in [0.15, 0.2) is 0 Å². The highest BCUT2D eigenvalue weighted by Gasteiger charge is 2.58. The molecule has 1 spiro atoms. The van der Waals surface area contributed by atoms with Crippen LogP contribution in [-0.2, 0) is 9.59 Å². The minimum Gasteiger partial charge on any atom is -0.353 e. The van der Waals surface area contributed by atoms with Crippen molar-refractivity contribution < 1.29 is 9.59 Å². The maximum atomic E-state index is 12.8. The van der Waals surface area contributed by atoms with E-state index in [2.05, 4.69) is 15.5 Å². The van der Waals surface area contributed by atoms with Crippen molar-refractivity contribution in [3.63, 3.8) is 0 Å². The number of hydrogen-bond donors (Lipinski definition) is 2. The summed E-state index contributed by atoms with van der Waals surface area (Å²) in [5, 5.41) is 6.63. The van der Waals surface area contributed by atoms with Gasteiger partial charge in [0.2, 0.25) is 11.8 Å². The van der Waals surface area contributed by atoms with E-state index >= 15 is 0 Å². The Bertz CT molecular complexity index is 501. The second-order valence-electron chi connectivity index (χ2n) is 8.89. The molecule has 2 heterocycles. The lowest BCUT2D eigenvalue weighted by atomic mass is 9.91. The average Bonchev–Trinajstić information content (AvgIpc) is 3.05. The largest absolute Gasteiger partial charge is 0.353 e. The molecule has 0 bridgehead atoms. The third kappa shape index (κ3) is 3.86. The molecule has 0 aromatic rings. The van der Waals surface area contributed by atoms with Crippen LogP contribution in [0, 0.1) is 17.3 Å². The molecule has 5 heteroatoms. The normalized spacial score (nSPS) is 29.8. The third-order valence-corrected chi connectivity index (χ3v) is 7.21. The Morgan fingerprint density at radius 3 is 2.40 bits per heavy atom. The fourth-order valence-corrected chi connectivity index (χ4v) is 5.40. The zero-order chi connectivity index (χ0) is 17.3. The van der Waals surface area contributed by atoms with Crippen LogP contribution in [0.4, 0.5) is 0 Å². The van der Waals surface area contributed by atoms with E-state index in [-0.39, 0.29) is 17.9 Å². The number of nitrogens with one attached hydrogen (secondary N) is 2. The summed E-state index contributed by atoms with van der Waals surface area (Å²) in [7, 11) is 0. The standard InChI is InChI=1S/C20H33N3O2/c24-18(13-15-3-1-2-4-15)22-16-5-11-23(12-6-16)19(25)17-14-20(17)7-9-21-10-8-20/h15-17,21H,1-14H2,(H,22,24). The highest BCUT2D eigenvalue weighted by atomic mass is 16.2. The van der Waals surface area contributed by atoms with Crippen LogP contribution in [0.3, 0.4) is 0 Å². The Hall–Kier alpha value is -1.10. The SMILES string of the molecule is O=C(CC1CCCC1)NC1CCN(C(=O)C2CC23CCNCC3)CC1. The Kier molecular flexibility index (Phi) is 5.03. The topological polar surface area (TPSA) is 61.4 Å². The van der Waals surface area contributed by atoms with E-state index in [0.29, 0.717) is 23.7 Å². The molecule has 2 amide bonds. The molecule has 140 valence electrons. The minimum absolute atomic E-state index is 0.229. The van der Waals surface area contributed by atoms with Crippen molar-refractivity contribution in [2.75, 3.05) is 26.2 Å². The first-order valence-electron chi connectivity index (χ1n) is 10.5.